The first kappa shape index (κ1) is 16.0. The fourth-order valence-corrected chi connectivity index (χ4v) is 2.96. The van der Waals surface area contributed by atoms with Crippen LogP contribution in [0.25, 0.3) is 10.8 Å². The zero-order valence-electron chi connectivity index (χ0n) is 12.0. The Kier molecular flexibility index (Phi) is 4.66. The fourth-order valence-electron chi connectivity index (χ4n) is 1.87. The molecule has 0 bridgehead atoms. The molecule has 8 heteroatoms. The van der Waals surface area contributed by atoms with E-state index in [1.54, 1.807) is 23.5 Å². The van der Waals surface area contributed by atoms with Crippen molar-refractivity contribution in [3.8, 4) is 10.8 Å². The number of carbonyl (C=O) groups is 1. The van der Waals surface area contributed by atoms with Crippen molar-refractivity contribution in [1.29, 1.82) is 0 Å². The summed E-state index contributed by atoms with van der Waals surface area (Å²) in [6.45, 7) is 2.14. The Morgan fingerprint density at radius 2 is 2.04 bits per heavy atom. The number of aromatic nitrogens is 2. The van der Waals surface area contributed by atoms with Crippen LogP contribution in [0.1, 0.15) is 21.1 Å². The van der Waals surface area contributed by atoms with E-state index in [1.807, 2.05) is 19.1 Å². The van der Waals surface area contributed by atoms with Gasteiger partial charge in [-0.05, 0) is 37.3 Å². The van der Waals surface area contributed by atoms with Gasteiger partial charge in [0.2, 0.25) is 5.89 Å². The Morgan fingerprint density at radius 3 is 2.74 bits per heavy atom. The number of nitrogens with zero attached hydrogens (tertiary/aromatic N) is 2. The quantitative estimate of drug-likeness (QED) is 0.744. The molecule has 1 N–H and O–H groups in total. The van der Waals surface area contributed by atoms with Crippen LogP contribution in [0.2, 0.25) is 10.0 Å². The van der Waals surface area contributed by atoms with Crippen LogP contribution < -0.4 is 5.32 Å². The third kappa shape index (κ3) is 3.72. The second-order valence-corrected chi connectivity index (χ2v) is 6.83. The number of rotatable bonds is 4. The maximum Gasteiger partial charge on any atom is 0.257 e. The van der Waals surface area contributed by atoms with E-state index in [4.69, 9.17) is 27.6 Å². The molecule has 0 radical (unpaired) electrons. The van der Waals surface area contributed by atoms with Gasteiger partial charge in [-0.15, -0.1) is 21.5 Å². The van der Waals surface area contributed by atoms with Gasteiger partial charge in [0.05, 0.1) is 21.5 Å². The Balaban J connectivity index is 1.65. The first-order valence-corrected chi connectivity index (χ1v) is 8.22. The van der Waals surface area contributed by atoms with Crippen molar-refractivity contribution >= 4 is 40.4 Å². The highest BCUT2D eigenvalue weighted by atomic mass is 35.5. The van der Waals surface area contributed by atoms with Gasteiger partial charge in [0.15, 0.2) is 0 Å². The summed E-state index contributed by atoms with van der Waals surface area (Å²) in [5, 5.41) is 11.3. The third-order valence-corrected chi connectivity index (χ3v) is 4.73. The van der Waals surface area contributed by atoms with Crippen molar-refractivity contribution in [3.63, 3.8) is 0 Å². The van der Waals surface area contributed by atoms with E-state index in [-0.39, 0.29) is 12.5 Å². The average molecular weight is 368 g/mol. The first-order valence-electron chi connectivity index (χ1n) is 6.65. The molecule has 3 aromatic rings. The molecule has 2 aromatic heterocycles. The van der Waals surface area contributed by atoms with Gasteiger partial charge in [0.1, 0.15) is 0 Å². The lowest BCUT2D eigenvalue weighted by molar-refractivity contribution is 0.0947. The maximum absolute atomic E-state index is 12.1. The van der Waals surface area contributed by atoms with Crippen LogP contribution in [-0.4, -0.2) is 16.1 Å². The molecule has 2 heterocycles. The lowest BCUT2D eigenvalue weighted by atomic mass is 10.2. The van der Waals surface area contributed by atoms with Crippen molar-refractivity contribution in [2.75, 3.05) is 0 Å². The van der Waals surface area contributed by atoms with Crippen LogP contribution >= 0.6 is 34.5 Å². The van der Waals surface area contributed by atoms with E-state index in [0.717, 1.165) is 9.75 Å². The van der Waals surface area contributed by atoms with Crippen LogP contribution in [0.3, 0.4) is 0 Å². The van der Waals surface area contributed by atoms with Gasteiger partial charge in [0.25, 0.3) is 11.8 Å². The molecule has 0 unspecified atom stereocenters. The van der Waals surface area contributed by atoms with Gasteiger partial charge in [-0.2, -0.15) is 0 Å². The fraction of sp³-hybridized carbons (Fsp3) is 0.133. The Labute approximate surface area is 146 Å². The number of thiophene rings is 1. The van der Waals surface area contributed by atoms with Gasteiger partial charge >= 0.3 is 0 Å². The summed E-state index contributed by atoms with van der Waals surface area (Å²) in [5.74, 6) is 0.483. The summed E-state index contributed by atoms with van der Waals surface area (Å²) in [7, 11) is 0. The molecule has 118 valence electrons. The highest BCUT2D eigenvalue weighted by molar-refractivity contribution is 7.15. The predicted octanol–water partition coefficient (Wildman–Crippen LogP) is 4.34. The second-order valence-electron chi connectivity index (χ2n) is 4.72. The van der Waals surface area contributed by atoms with E-state index >= 15 is 0 Å². The predicted molar refractivity (Wildman–Crippen MR) is 90.0 cm³/mol. The second kappa shape index (κ2) is 6.70. The minimum atomic E-state index is -0.296. The maximum atomic E-state index is 12.1. The van der Waals surface area contributed by atoms with E-state index in [0.29, 0.717) is 27.4 Å². The number of nitrogens with one attached hydrogen (secondary N) is 1. The van der Waals surface area contributed by atoms with E-state index < -0.39 is 0 Å². The summed E-state index contributed by atoms with van der Waals surface area (Å²) in [6, 6.07) is 8.58. The molecule has 0 fully saturated rings. The Bertz CT molecular complexity index is 860. The SMILES string of the molecule is Cc1ccc(-c2nnc(CNC(=O)c3ccc(Cl)c(Cl)c3)o2)s1. The van der Waals surface area contributed by atoms with E-state index in [1.165, 1.54) is 6.07 Å². The molecule has 1 aromatic carbocycles. The number of hydrogen-bond acceptors (Lipinski definition) is 5. The average Bonchev–Trinajstić information content (AvgIpc) is 3.16. The lowest BCUT2D eigenvalue weighted by Gasteiger charge is -2.03. The number of carbonyl (C=O) groups excluding carboxylic acids is 1. The normalized spacial score (nSPS) is 10.7. The molecule has 5 nitrogen and oxygen atoms in total. The Hall–Kier alpha value is -1.89. The van der Waals surface area contributed by atoms with Crippen molar-refractivity contribution in [2.45, 2.75) is 13.5 Å². The zero-order valence-corrected chi connectivity index (χ0v) is 14.3. The number of hydrogen-bond donors (Lipinski definition) is 1. The smallest absolute Gasteiger partial charge is 0.257 e. The van der Waals surface area contributed by atoms with Gasteiger partial charge < -0.3 is 9.73 Å². The molecule has 0 aliphatic heterocycles. The molecule has 0 saturated heterocycles. The standard InChI is InChI=1S/C15H11Cl2N3O2S/c1-8-2-5-12(23-8)15-20-19-13(22-15)7-18-14(21)9-3-4-10(16)11(17)6-9/h2-6H,7H2,1H3,(H,18,21). The molecule has 0 saturated carbocycles. The zero-order chi connectivity index (χ0) is 16.4. The van der Waals surface area contributed by atoms with Crippen molar-refractivity contribution in [2.24, 2.45) is 0 Å². The molecule has 3 rings (SSSR count). The summed E-state index contributed by atoms with van der Waals surface area (Å²) >= 11 is 13.3. The first-order chi connectivity index (χ1) is 11.0. The topological polar surface area (TPSA) is 68.0 Å². The lowest BCUT2D eigenvalue weighted by Crippen LogP contribution is -2.22. The minimum Gasteiger partial charge on any atom is -0.418 e. The van der Waals surface area contributed by atoms with Crippen LogP contribution in [-0.2, 0) is 6.54 Å². The molecule has 0 aliphatic rings. The molecule has 23 heavy (non-hydrogen) atoms. The highest BCUT2D eigenvalue weighted by Gasteiger charge is 2.12. The highest BCUT2D eigenvalue weighted by Crippen LogP contribution is 2.26. The van der Waals surface area contributed by atoms with Gasteiger partial charge in [-0.1, -0.05) is 23.2 Å². The Morgan fingerprint density at radius 1 is 1.22 bits per heavy atom. The van der Waals surface area contributed by atoms with Gasteiger partial charge in [-0.25, -0.2) is 0 Å². The minimum absolute atomic E-state index is 0.135. The molecular weight excluding hydrogens is 357 g/mol. The summed E-state index contributed by atoms with van der Waals surface area (Å²) in [5.41, 5.74) is 0.410. The number of halogens is 2. The van der Waals surface area contributed by atoms with Crippen molar-refractivity contribution in [3.05, 3.63) is 56.7 Å². The molecule has 1 amide bonds. The van der Waals surface area contributed by atoms with Crippen molar-refractivity contribution in [1.82, 2.24) is 15.5 Å². The van der Waals surface area contributed by atoms with E-state index in [2.05, 4.69) is 15.5 Å². The van der Waals surface area contributed by atoms with Crippen LogP contribution in [0.15, 0.2) is 34.7 Å². The van der Waals surface area contributed by atoms with Crippen LogP contribution in [0.5, 0.6) is 0 Å². The number of amides is 1. The molecule has 0 aliphatic carbocycles. The van der Waals surface area contributed by atoms with Crippen LogP contribution in [0, 0.1) is 6.92 Å². The largest absolute Gasteiger partial charge is 0.418 e. The third-order valence-electron chi connectivity index (χ3n) is 3.00. The molecule has 0 spiro atoms. The summed E-state index contributed by atoms with van der Waals surface area (Å²) in [6.07, 6.45) is 0. The van der Waals surface area contributed by atoms with Crippen molar-refractivity contribution < 1.29 is 9.21 Å². The molecule has 0 atom stereocenters. The van der Waals surface area contributed by atoms with Gasteiger partial charge in [-0.3, -0.25) is 4.79 Å². The number of aryl methyl sites for hydroxylation is 1. The van der Waals surface area contributed by atoms with Gasteiger partial charge in [0, 0.05) is 10.4 Å². The van der Waals surface area contributed by atoms with Crippen LogP contribution in [0.4, 0.5) is 0 Å². The molecular formula is C15H11Cl2N3O2S. The van der Waals surface area contributed by atoms with E-state index in [9.17, 15) is 4.79 Å². The summed E-state index contributed by atoms with van der Waals surface area (Å²) in [4.78, 5) is 14.1. The summed E-state index contributed by atoms with van der Waals surface area (Å²) < 4.78 is 5.54. The number of benzene rings is 1. The monoisotopic (exact) mass is 367 g/mol.